The van der Waals surface area contributed by atoms with E-state index in [1.165, 1.54) is 10.6 Å². The summed E-state index contributed by atoms with van der Waals surface area (Å²) >= 11 is 0. The lowest BCUT2D eigenvalue weighted by molar-refractivity contribution is 0.296. The lowest BCUT2D eigenvalue weighted by Gasteiger charge is -2.16. The SMILES string of the molecule is Cc1ccc(C)c(OCCCn2nc(C)c(S(=O)(=O)N(C)Cc3ccco3)c2C)c1. The summed E-state index contributed by atoms with van der Waals surface area (Å²) in [5, 5.41) is 4.46. The molecule has 8 heteroatoms. The number of furan rings is 1. The largest absolute Gasteiger partial charge is 0.493 e. The van der Waals surface area contributed by atoms with Gasteiger partial charge < -0.3 is 9.15 Å². The predicted octanol–water partition coefficient (Wildman–Crippen LogP) is 4.00. The van der Waals surface area contributed by atoms with Gasteiger partial charge in [-0.15, -0.1) is 0 Å². The number of hydrogen-bond donors (Lipinski definition) is 0. The fourth-order valence-electron chi connectivity index (χ4n) is 3.39. The van der Waals surface area contributed by atoms with Gasteiger partial charge in [0.1, 0.15) is 16.4 Å². The Morgan fingerprint density at radius 2 is 1.93 bits per heavy atom. The van der Waals surface area contributed by atoms with E-state index >= 15 is 0 Å². The van der Waals surface area contributed by atoms with Gasteiger partial charge in [-0.2, -0.15) is 9.40 Å². The zero-order chi connectivity index (χ0) is 21.9. The van der Waals surface area contributed by atoms with Gasteiger partial charge in [-0.05, 0) is 57.0 Å². The molecule has 0 unspecified atom stereocenters. The average molecular weight is 432 g/mol. The number of sulfonamides is 1. The predicted molar refractivity (Wildman–Crippen MR) is 115 cm³/mol. The van der Waals surface area contributed by atoms with E-state index in [2.05, 4.69) is 11.2 Å². The Balaban J connectivity index is 1.66. The highest BCUT2D eigenvalue weighted by molar-refractivity contribution is 7.89. The normalized spacial score (nSPS) is 11.9. The second kappa shape index (κ2) is 9.06. The van der Waals surface area contributed by atoms with Gasteiger partial charge >= 0.3 is 0 Å². The van der Waals surface area contributed by atoms with Crippen molar-refractivity contribution < 1.29 is 17.6 Å². The molecule has 0 saturated carbocycles. The first-order valence-electron chi connectivity index (χ1n) is 9.93. The molecule has 2 heterocycles. The highest BCUT2D eigenvalue weighted by atomic mass is 32.2. The van der Waals surface area contributed by atoms with Crippen LogP contribution < -0.4 is 4.74 Å². The van der Waals surface area contributed by atoms with Crippen molar-refractivity contribution in [2.45, 2.75) is 52.1 Å². The van der Waals surface area contributed by atoms with E-state index in [1.54, 1.807) is 37.7 Å². The quantitative estimate of drug-likeness (QED) is 0.479. The first-order valence-corrected chi connectivity index (χ1v) is 11.4. The van der Waals surface area contributed by atoms with Crippen molar-refractivity contribution in [3.63, 3.8) is 0 Å². The van der Waals surface area contributed by atoms with Gasteiger partial charge in [0.25, 0.3) is 0 Å². The maximum atomic E-state index is 13.1. The lowest BCUT2D eigenvalue weighted by Crippen LogP contribution is -2.27. The van der Waals surface area contributed by atoms with Crippen LogP contribution in [0.1, 0.15) is 34.7 Å². The van der Waals surface area contributed by atoms with Gasteiger partial charge in [0.2, 0.25) is 10.0 Å². The van der Waals surface area contributed by atoms with E-state index in [9.17, 15) is 8.42 Å². The molecular formula is C22H29N3O4S. The number of aromatic nitrogens is 2. The number of benzene rings is 1. The van der Waals surface area contributed by atoms with Crippen LogP contribution in [0.25, 0.3) is 0 Å². The van der Waals surface area contributed by atoms with E-state index in [-0.39, 0.29) is 11.4 Å². The maximum Gasteiger partial charge on any atom is 0.246 e. The van der Waals surface area contributed by atoms with E-state index in [0.717, 1.165) is 23.3 Å². The molecule has 0 aliphatic rings. The Bertz CT molecular complexity index is 1100. The Labute approximate surface area is 178 Å². The molecule has 7 nitrogen and oxygen atoms in total. The second-order valence-corrected chi connectivity index (χ2v) is 9.52. The molecule has 162 valence electrons. The summed E-state index contributed by atoms with van der Waals surface area (Å²) in [7, 11) is -2.13. The van der Waals surface area contributed by atoms with Crippen molar-refractivity contribution >= 4 is 10.0 Å². The summed E-state index contributed by atoms with van der Waals surface area (Å²) in [6.07, 6.45) is 2.25. The zero-order valence-electron chi connectivity index (χ0n) is 18.2. The van der Waals surface area contributed by atoms with E-state index in [1.807, 2.05) is 26.0 Å². The van der Waals surface area contributed by atoms with Crippen molar-refractivity contribution in [1.29, 1.82) is 0 Å². The molecule has 0 fully saturated rings. The third kappa shape index (κ3) is 4.76. The van der Waals surface area contributed by atoms with Crippen LogP contribution in [-0.2, 0) is 23.1 Å². The maximum absolute atomic E-state index is 13.1. The van der Waals surface area contributed by atoms with E-state index in [4.69, 9.17) is 9.15 Å². The minimum atomic E-state index is -3.68. The van der Waals surface area contributed by atoms with Crippen LogP contribution in [0, 0.1) is 27.7 Å². The summed E-state index contributed by atoms with van der Waals surface area (Å²) in [6, 6.07) is 9.62. The summed E-state index contributed by atoms with van der Waals surface area (Å²) in [4.78, 5) is 0.256. The number of nitrogens with zero attached hydrogens (tertiary/aromatic N) is 3. The molecule has 2 aromatic heterocycles. The van der Waals surface area contributed by atoms with Gasteiger partial charge in [-0.3, -0.25) is 4.68 Å². The summed E-state index contributed by atoms with van der Waals surface area (Å²) in [5.74, 6) is 1.47. The molecule has 0 bridgehead atoms. The topological polar surface area (TPSA) is 77.6 Å². The minimum absolute atomic E-state index is 0.170. The Morgan fingerprint density at radius 1 is 1.17 bits per heavy atom. The minimum Gasteiger partial charge on any atom is -0.493 e. The van der Waals surface area contributed by atoms with Gasteiger partial charge in [0.15, 0.2) is 0 Å². The summed E-state index contributed by atoms with van der Waals surface area (Å²) in [5.41, 5.74) is 3.38. The van der Waals surface area contributed by atoms with Crippen LogP contribution in [0.4, 0.5) is 0 Å². The molecule has 0 amide bonds. The first-order chi connectivity index (χ1) is 14.2. The van der Waals surface area contributed by atoms with Crippen LogP contribution in [-0.4, -0.2) is 36.2 Å². The molecule has 0 spiro atoms. The molecule has 0 radical (unpaired) electrons. The second-order valence-electron chi connectivity index (χ2n) is 7.53. The molecule has 0 N–H and O–H groups in total. The number of rotatable bonds is 9. The summed E-state index contributed by atoms with van der Waals surface area (Å²) < 4.78 is 40.4. The van der Waals surface area contributed by atoms with Crippen molar-refractivity contribution in [3.05, 3.63) is 64.9 Å². The van der Waals surface area contributed by atoms with Crippen LogP contribution >= 0.6 is 0 Å². The zero-order valence-corrected chi connectivity index (χ0v) is 19.0. The molecule has 3 aromatic rings. The number of hydrogen-bond acceptors (Lipinski definition) is 5. The third-order valence-electron chi connectivity index (χ3n) is 5.06. The van der Waals surface area contributed by atoms with Gasteiger partial charge in [0.05, 0.1) is 30.8 Å². The van der Waals surface area contributed by atoms with Crippen molar-refractivity contribution in [2.75, 3.05) is 13.7 Å². The van der Waals surface area contributed by atoms with E-state index in [0.29, 0.717) is 30.3 Å². The molecule has 30 heavy (non-hydrogen) atoms. The molecule has 0 aliphatic carbocycles. The average Bonchev–Trinajstić information content (AvgIpc) is 3.29. The lowest BCUT2D eigenvalue weighted by atomic mass is 10.1. The van der Waals surface area contributed by atoms with Crippen LogP contribution in [0.2, 0.25) is 0 Å². The van der Waals surface area contributed by atoms with Crippen LogP contribution in [0.15, 0.2) is 45.9 Å². The molecule has 0 aliphatic heterocycles. The fourth-order valence-corrected chi connectivity index (χ4v) is 4.90. The standard InChI is InChI=1S/C22H29N3O4S/c1-16-9-10-17(2)21(14-16)29-13-7-11-25-19(4)22(18(3)23-25)30(26,27)24(5)15-20-8-6-12-28-20/h6,8-10,12,14H,7,11,13,15H2,1-5H3. The van der Waals surface area contributed by atoms with Crippen molar-refractivity contribution in [2.24, 2.45) is 0 Å². The first kappa shape index (κ1) is 22.1. The highest BCUT2D eigenvalue weighted by Gasteiger charge is 2.29. The van der Waals surface area contributed by atoms with Crippen molar-refractivity contribution in [1.82, 2.24) is 14.1 Å². The smallest absolute Gasteiger partial charge is 0.246 e. The van der Waals surface area contributed by atoms with Gasteiger partial charge in [0, 0.05) is 20.0 Å². The third-order valence-corrected chi connectivity index (χ3v) is 7.11. The molecule has 0 saturated heterocycles. The van der Waals surface area contributed by atoms with Crippen LogP contribution in [0.3, 0.4) is 0 Å². The fraction of sp³-hybridized carbons (Fsp3) is 0.409. The van der Waals surface area contributed by atoms with Gasteiger partial charge in [-0.1, -0.05) is 12.1 Å². The number of ether oxygens (including phenoxy) is 1. The molecule has 0 atom stereocenters. The van der Waals surface area contributed by atoms with E-state index < -0.39 is 10.0 Å². The Hall–Kier alpha value is -2.58. The molecule has 3 rings (SSSR count). The Kier molecular flexibility index (Phi) is 6.67. The van der Waals surface area contributed by atoms with Gasteiger partial charge in [-0.25, -0.2) is 8.42 Å². The molecular weight excluding hydrogens is 402 g/mol. The summed E-state index contributed by atoms with van der Waals surface area (Å²) in [6.45, 7) is 8.85. The molecule has 1 aromatic carbocycles. The van der Waals surface area contributed by atoms with Crippen LogP contribution in [0.5, 0.6) is 5.75 Å². The monoisotopic (exact) mass is 431 g/mol. The Morgan fingerprint density at radius 3 is 2.63 bits per heavy atom. The van der Waals surface area contributed by atoms with Crippen molar-refractivity contribution in [3.8, 4) is 5.75 Å². The number of aryl methyl sites for hydroxylation is 4. The highest BCUT2D eigenvalue weighted by Crippen LogP contribution is 2.24.